The molecule has 0 aliphatic carbocycles. The third-order valence-corrected chi connectivity index (χ3v) is 3.87. The molecule has 0 radical (unpaired) electrons. The molecule has 2 N–H and O–H groups in total. The van der Waals surface area contributed by atoms with Gasteiger partial charge in [0.25, 0.3) is 11.8 Å². The second-order valence-corrected chi connectivity index (χ2v) is 5.15. The van der Waals surface area contributed by atoms with Crippen molar-refractivity contribution in [1.82, 2.24) is 20.6 Å². The van der Waals surface area contributed by atoms with Crippen molar-refractivity contribution >= 4 is 11.8 Å². The largest absolute Gasteiger partial charge is 0.339 e. The zero-order chi connectivity index (χ0) is 15.1. The van der Waals surface area contributed by atoms with E-state index in [1.165, 1.54) is 0 Å². The molecular formula is C16H12N4O2. The van der Waals surface area contributed by atoms with Crippen LogP contribution in [0.1, 0.15) is 23.5 Å². The molecule has 2 atom stereocenters. The molecule has 2 amide bonds. The number of amides is 2. The summed E-state index contributed by atoms with van der Waals surface area (Å²) in [6, 6.07) is 9.83. The minimum Gasteiger partial charge on any atom is -0.339 e. The highest BCUT2D eigenvalue weighted by molar-refractivity contribution is 6.13. The topological polar surface area (TPSA) is 84.0 Å². The maximum atomic E-state index is 12.4. The quantitative estimate of drug-likeness (QED) is 0.858. The summed E-state index contributed by atoms with van der Waals surface area (Å²) >= 11 is 0. The van der Waals surface area contributed by atoms with E-state index in [1.807, 2.05) is 12.1 Å². The highest BCUT2D eigenvalue weighted by Crippen LogP contribution is 2.39. The first-order chi connectivity index (χ1) is 10.8. The van der Waals surface area contributed by atoms with Crippen LogP contribution in [0.15, 0.2) is 59.9 Å². The van der Waals surface area contributed by atoms with Gasteiger partial charge >= 0.3 is 0 Å². The Bertz CT molecular complexity index is 719. The second-order valence-electron chi connectivity index (χ2n) is 5.15. The Kier molecular flexibility index (Phi) is 2.75. The van der Waals surface area contributed by atoms with Crippen LogP contribution in [0.3, 0.4) is 0 Å². The first-order valence-corrected chi connectivity index (χ1v) is 6.93. The molecule has 0 aromatic carbocycles. The van der Waals surface area contributed by atoms with Crippen LogP contribution in [-0.4, -0.2) is 21.8 Å². The summed E-state index contributed by atoms with van der Waals surface area (Å²) in [5, 5.41) is 5.68. The van der Waals surface area contributed by atoms with Gasteiger partial charge in [-0.25, -0.2) is 0 Å². The first kappa shape index (κ1) is 12.7. The predicted octanol–water partition coefficient (Wildman–Crippen LogP) is 0.815. The molecule has 2 aliphatic rings. The molecule has 0 saturated carbocycles. The van der Waals surface area contributed by atoms with Gasteiger partial charge in [0, 0.05) is 12.4 Å². The van der Waals surface area contributed by atoms with Gasteiger partial charge in [0.1, 0.15) is 12.1 Å². The molecule has 2 unspecified atom stereocenters. The Morgan fingerprint density at radius 1 is 0.727 bits per heavy atom. The van der Waals surface area contributed by atoms with Gasteiger partial charge in [0.2, 0.25) is 0 Å². The SMILES string of the molecule is O=C1NC(c2ccccn2)C2=C1C(c1ccccn1)NC2=O. The van der Waals surface area contributed by atoms with Crippen molar-refractivity contribution in [2.45, 2.75) is 12.1 Å². The van der Waals surface area contributed by atoms with Crippen LogP contribution in [0.2, 0.25) is 0 Å². The van der Waals surface area contributed by atoms with E-state index >= 15 is 0 Å². The predicted molar refractivity (Wildman–Crippen MR) is 77.3 cm³/mol. The van der Waals surface area contributed by atoms with Crippen LogP contribution in [0, 0.1) is 0 Å². The molecule has 4 rings (SSSR count). The standard InChI is InChI=1S/C16H12N4O2/c21-15-11-12(14(20-15)10-6-2-4-8-18-10)16(22)19-13(11)9-5-1-3-7-17-9/h1-8,13-14H,(H,19,22)(H,20,21). The lowest BCUT2D eigenvalue weighted by atomic mass is 10.00. The normalized spacial score (nSPS) is 23.3. The number of carbonyl (C=O) groups is 2. The number of nitrogens with one attached hydrogen (secondary N) is 2. The number of nitrogens with zero attached hydrogens (tertiary/aromatic N) is 2. The zero-order valence-corrected chi connectivity index (χ0v) is 11.5. The molecule has 0 spiro atoms. The lowest BCUT2D eigenvalue weighted by Crippen LogP contribution is -2.33. The molecule has 4 heterocycles. The number of carbonyl (C=O) groups excluding carboxylic acids is 2. The van der Waals surface area contributed by atoms with Gasteiger partial charge < -0.3 is 10.6 Å². The summed E-state index contributed by atoms with van der Waals surface area (Å²) in [6.07, 6.45) is 3.28. The molecular weight excluding hydrogens is 280 g/mol. The van der Waals surface area contributed by atoms with Gasteiger partial charge in [-0.1, -0.05) is 12.1 Å². The summed E-state index contributed by atoms with van der Waals surface area (Å²) in [4.78, 5) is 33.2. The molecule has 2 aromatic heterocycles. The molecule has 108 valence electrons. The first-order valence-electron chi connectivity index (χ1n) is 6.93. The maximum Gasteiger partial charge on any atom is 0.251 e. The highest BCUT2D eigenvalue weighted by Gasteiger charge is 2.46. The summed E-state index contributed by atoms with van der Waals surface area (Å²) in [5.74, 6) is -0.501. The summed E-state index contributed by atoms with van der Waals surface area (Å²) in [6.45, 7) is 0. The van der Waals surface area contributed by atoms with E-state index in [0.717, 1.165) is 0 Å². The van der Waals surface area contributed by atoms with Crippen molar-refractivity contribution in [1.29, 1.82) is 0 Å². The Morgan fingerprint density at radius 3 is 1.55 bits per heavy atom. The Balaban J connectivity index is 1.80. The lowest BCUT2D eigenvalue weighted by Gasteiger charge is -2.16. The van der Waals surface area contributed by atoms with Gasteiger partial charge in [-0.05, 0) is 24.3 Å². The van der Waals surface area contributed by atoms with Crippen LogP contribution < -0.4 is 10.6 Å². The number of rotatable bonds is 2. The summed E-state index contributed by atoms with van der Waals surface area (Å²) < 4.78 is 0. The fourth-order valence-corrected chi connectivity index (χ4v) is 2.92. The van der Waals surface area contributed by atoms with E-state index in [0.29, 0.717) is 22.5 Å². The maximum absolute atomic E-state index is 12.4. The number of pyridine rings is 2. The van der Waals surface area contributed by atoms with E-state index in [9.17, 15) is 9.59 Å². The zero-order valence-electron chi connectivity index (χ0n) is 11.5. The molecule has 0 bridgehead atoms. The molecule has 6 nitrogen and oxygen atoms in total. The van der Waals surface area contributed by atoms with E-state index < -0.39 is 12.1 Å². The van der Waals surface area contributed by atoms with Crippen LogP contribution in [0.25, 0.3) is 0 Å². The van der Waals surface area contributed by atoms with E-state index in [4.69, 9.17) is 0 Å². The van der Waals surface area contributed by atoms with E-state index in [1.54, 1.807) is 36.7 Å². The monoisotopic (exact) mass is 292 g/mol. The van der Waals surface area contributed by atoms with Crippen molar-refractivity contribution in [3.05, 3.63) is 71.3 Å². The third kappa shape index (κ3) is 1.81. The van der Waals surface area contributed by atoms with E-state index in [-0.39, 0.29) is 11.8 Å². The highest BCUT2D eigenvalue weighted by atomic mass is 16.2. The minimum atomic E-state index is -0.502. The molecule has 0 fully saturated rings. The van der Waals surface area contributed by atoms with Crippen molar-refractivity contribution in [2.24, 2.45) is 0 Å². The fraction of sp³-hybridized carbons (Fsp3) is 0.125. The number of hydrogen-bond donors (Lipinski definition) is 2. The fourth-order valence-electron chi connectivity index (χ4n) is 2.92. The Labute approximate surface area is 126 Å². The second kappa shape index (κ2) is 4.77. The average Bonchev–Trinajstić information content (AvgIpc) is 3.09. The number of hydrogen-bond acceptors (Lipinski definition) is 4. The smallest absolute Gasteiger partial charge is 0.251 e. The van der Waals surface area contributed by atoms with Gasteiger partial charge in [-0.2, -0.15) is 0 Å². The summed E-state index contributed by atoms with van der Waals surface area (Å²) in [5.41, 5.74) is 2.19. The van der Waals surface area contributed by atoms with Gasteiger partial charge in [0.15, 0.2) is 0 Å². The van der Waals surface area contributed by atoms with Gasteiger partial charge in [0.05, 0.1) is 22.5 Å². The summed E-state index contributed by atoms with van der Waals surface area (Å²) in [7, 11) is 0. The van der Waals surface area contributed by atoms with Crippen molar-refractivity contribution < 1.29 is 9.59 Å². The third-order valence-electron chi connectivity index (χ3n) is 3.87. The van der Waals surface area contributed by atoms with E-state index in [2.05, 4.69) is 20.6 Å². The Hall–Kier alpha value is -3.02. The lowest BCUT2D eigenvalue weighted by molar-refractivity contribution is -0.118. The molecule has 22 heavy (non-hydrogen) atoms. The molecule has 6 heteroatoms. The van der Waals surface area contributed by atoms with Crippen molar-refractivity contribution in [3.63, 3.8) is 0 Å². The molecule has 0 saturated heterocycles. The molecule has 2 aromatic rings. The molecule has 2 aliphatic heterocycles. The van der Waals surface area contributed by atoms with Gasteiger partial charge in [-0.15, -0.1) is 0 Å². The average molecular weight is 292 g/mol. The van der Waals surface area contributed by atoms with Crippen LogP contribution in [0.5, 0.6) is 0 Å². The number of aromatic nitrogens is 2. The van der Waals surface area contributed by atoms with Gasteiger partial charge in [-0.3, -0.25) is 19.6 Å². The van der Waals surface area contributed by atoms with Crippen molar-refractivity contribution in [2.75, 3.05) is 0 Å². The van der Waals surface area contributed by atoms with Crippen molar-refractivity contribution in [3.8, 4) is 0 Å². The van der Waals surface area contributed by atoms with Crippen LogP contribution in [0.4, 0.5) is 0 Å². The van der Waals surface area contributed by atoms with Crippen LogP contribution in [-0.2, 0) is 9.59 Å². The Morgan fingerprint density at radius 2 is 1.18 bits per heavy atom. The van der Waals surface area contributed by atoms with Crippen LogP contribution >= 0.6 is 0 Å². The minimum absolute atomic E-state index is 0.250.